The molecule has 3 aromatic carbocycles. The summed E-state index contributed by atoms with van der Waals surface area (Å²) in [6.45, 7) is 9.05. The van der Waals surface area contributed by atoms with Gasteiger partial charge in [0.15, 0.2) is 0 Å². The molecule has 0 aliphatic rings. The summed E-state index contributed by atoms with van der Waals surface area (Å²) in [5, 5.41) is 21.8. The Balaban J connectivity index is 2.21. The van der Waals surface area contributed by atoms with E-state index in [2.05, 4.69) is 0 Å². The highest BCUT2D eigenvalue weighted by Gasteiger charge is 2.36. The minimum absolute atomic E-state index is 0.0615. The van der Waals surface area contributed by atoms with Gasteiger partial charge in [0.25, 0.3) is 5.69 Å². The summed E-state index contributed by atoms with van der Waals surface area (Å²) < 4.78 is 30.3. The number of carboxylic acids is 1. The van der Waals surface area contributed by atoms with Crippen LogP contribution in [0.5, 0.6) is 0 Å². The van der Waals surface area contributed by atoms with E-state index >= 15 is 0 Å². The quantitative estimate of drug-likeness (QED) is 0.205. The van der Waals surface area contributed by atoms with Crippen molar-refractivity contribution in [2.45, 2.75) is 56.7 Å². The van der Waals surface area contributed by atoms with Crippen LogP contribution in [0.15, 0.2) is 76.5 Å². The Hall–Kier alpha value is -3.98. The van der Waals surface area contributed by atoms with Gasteiger partial charge >= 0.3 is 5.97 Å². The molecular formula is C29H30N2O6S. The number of nitro groups is 1. The van der Waals surface area contributed by atoms with Crippen LogP contribution < -0.4 is 0 Å². The highest BCUT2D eigenvalue weighted by Crippen LogP contribution is 2.42. The average Bonchev–Trinajstić information content (AvgIpc) is 3.19. The summed E-state index contributed by atoms with van der Waals surface area (Å²) in [5.41, 5.74) is 1.77. The molecule has 1 aromatic heterocycles. The first-order valence-corrected chi connectivity index (χ1v) is 13.7. The molecule has 4 aromatic rings. The van der Waals surface area contributed by atoms with E-state index in [1.807, 2.05) is 32.9 Å². The molecule has 4 rings (SSSR count). The van der Waals surface area contributed by atoms with Crippen molar-refractivity contribution in [3.05, 3.63) is 93.7 Å². The zero-order valence-electron chi connectivity index (χ0n) is 21.9. The largest absolute Gasteiger partial charge is 0.481 e. The van der Waals surface area contributed by atoms with Gasteiger partial charge in [-0.15, -0.1) is 0 Å². The molecule has 1 N–H and O–H groups in total. The van der Waals surface area contributed by atoms with Crippen molar-refractivity contribution in [1.82, 2.24) is 4.57 Å². The topological polar surface area (TPSA) is 120 Å². The van der Waals surface area contributed by atoms with Gasteiger partial charge in [0.05, 0.1) is 20.8 Å². The number of hydrogen-bond acceptors (Lipinski definition) is 5. The first-order valence-electron chi connectivity index (χ1n) is 12.2. The second-order valence-corrected chi connectivity index (χ2v) is 12.3. The first-order chi connectivity index (χ1) is 17.8. The van der Waals surface area contributed by atoms with Crippen molar-refractivity contribution in [3.8, 4) is 5.69 Å². The van der Waals surface area contributed by atoms with Gasteiger partial charge in [-0.05, 0) is 68.1 Å². The van der Waals surface area contributed by atoms with Crippen LogP contribution in [0.25, 0.3) is 16.6 Å². The summed E-state index contributed by atoms with van der Waals surface area (Å²) in [6.07, 6.45) is -0.0914. The van der Waals surface area contributed by atoms with E-state index in [9.17, 15) is 28.4 Å². The number of nitrogens with zero attached hydrogens (tertiary/aromatic N) is 2. The van der Waals surface area contributed by atoms with Gasteiger partial charge in [0.1, 0.15) is 4.90 Å². The third-order valence-corrected chi connectivity index (χ3v) is 8.81. The van der Waals surface area contributed by atoms with E-state index in [0.717, 1.165) is 11.1 Å². The molecule has 198 valence electrons. The van der Waals surface area contributed by atoms with Crippen molar-refractivity contribution in [2.75, 3.05) is 0 Å². The number of carboxylic acid groups (broad SMARTS) is 1. The molecule has 0 fully saturated rings. The number of benzene rings is 3. The van der Waals surface area contributed by atoms with Crippen LogP contribution in [-0.4, -0.2) is 29.0 Å². The summed E-state index contributed by atoms with van der Waals surface area (Å²) >= 11 is 0. The number of fused-ring (bicyclic) bond motifs is 1. The van der Waals surface area contributed by atoms with Gasteiger partial charge in [-0.25, -0.2) is 8.42 Å². The van der Waals surface area contributed by atoms with Crippen molar-refractivity contribution < 1.29 is 23.2 Å². The summed E-state index contributed by atoms with van der Waals surface area (Å²) in [4.78, 5) is 23.2. The summed E-state index contributed by atoms with van der Waals surface area (Å²) in [6, 6.07) is 17.7. The smallest absolute Gasteiger partial charge is 0.309 e. The number of carbonyl (C=O) groups is 1. The second kappa shape index (κ2) is 9.72. The highest BCUT2D eigenvalue weighted by molar-refractivity contribution is 7.91. The van der Waals surface area contributed by atoms with Crippen LogP contribution in [-0.2, 0) is 21.1 Å². The number of aliphatic carboxylic acids is 1. The minimum atomic E-state index is -4.09. The third kappa shape index (κ3) is 4.58. The lowest BCUT2D eigenvalue weighted by Crippen LogP contribution is -2.28. The predicted octanol–water partition coefficient (Wildman–Crippen LogP) is 6.46. The van der Waals surface area contributed by atoms with Gasteiger partial charge < -0.3 is 9.67 Å². The van der Waals surface area contributed by atoms with Crippen molar-refractivity contribution >= 4 is 32.4 Å². The minimum Gasteiger partial charge on any atom is -0.481 e. The van der Waals surface area contributed by atoms with Crippen molar-refractivity contribution in [3.63, 3.8) is 0 Å². The predicted molar refractivity (Wildman–Crippen MR) is 146 cm³/mol. The number of rotatable bonds is 8. The summed E-state index contributed by atoms with van der Waals surface area (Å²) in [5.74, 6) is -0.950. The maximum Gasteiger partial charge on any atom is 0.309 e. The first kappa shape index (κ1) is 27.1. The second-order valence-electron chi connectivity index (χ2n) is 10.4. The fourth-order valence-corrected chi connectivity index (χ4v) is 6.63. The van der Waals surface area contributed by atoms with Gasteiger partial charge in [-0.1, -0.05) is 38.1 Å². The number of nitro benzene ring substituents is 1. The number of aromatic nitrogens is 1. The third-order valence-electron chi connectivity index (χ3n) is 6.94. The van der Waals surface area contributed by atoms with Crippen LogP contribution in [0, 0.1) is 22.5 Å². The van der Waals surface area contributed by atoms with E-state index in [-0.39, 0.29) is 27.8 Å². The number of hydrogen-bond donors (Lipinski definition) is 1. The summed E-state index contributed by atoms with van der Waals surface area (Å²) in [7, 11) is -4.09. The van der Waals surface area contributed by atoms with Crippen LogP contribution in [0.3, 0.4) is 0 Å². The molecule has 0 aliphatic heterocycles. The Kier molecular flexibility index (Phi) is 6.92. The Morgan fingerprint density at radius 2 is 1.63 bits per heavy atom. The van der Waals surface area contributed by atoms with Gasteiger partial charge in [-0.3, -0.25) is 14.9 Å². The molecule has 0 saturated carbocycles. The average molecular weight is 535 g/mol. The molecule has 9 heteroatoms. The Bertz CT molecular complexity index is 1650. The fourth-order valence-electron chi connectivity index (χ4n) is 4.88. The SMILES string of the molecule is Cc1c(C(C)C)ccc2c1c(S(=O)(=O)c1ccccc1)c(CC(C)(C)C(=O)O)n2-c1ccc([N+](=O)[O-])cc1. The Morgan fingerprint density at radius 3 is 2.16 bits per heavy atom. The molecule has 0 aliphatic carbocycles. The lowest BCUT2D eigenvalue weighted by Gasteiger charge is -2.22. The standard InChI is InChI=1S/C29H30N2O6S/c1-18(2)23-15-16-24-26(19(23)3)27(38(36,37)22-9-7-6-8-10-22)25(17-29(4,5)28(32)33)30(24)20-11-13-21(14-12-20)31(34)35/h6-16,18H,17H2,1-5H3,(H,32,33). The number of sulfone groups is 1. The Labute approximate surface area is 221 Å². The zero-order valence-corrected chi connectivity index (χ0v) is 22.7. The van der Waals surface area contributed by atoms with Crippen molar-refractivity contribution in [2.24, 2.45) is 5.41 Å². The van der Waals surface area contributed by atoms with Crippen LogP contribution in [0.4, 0.5) is 5.69 Å². The molecule has 8 nitrogen and oxygen atoms in total. The lowest BCUT2D eigenvalue weighted by atomic mass is 9.87. The molecule has 38 heavy (non-hydrogen) atoms. The van der Waals surface area contributed by atoms with E-state index in [1.165, 1.54) is 24.3 Å². The Morgan fingerprint density at radius 1 is 1.03 bits per heavy atom. The van der Waals surface area contributed by atoms with Crippen LogP contribution >= 0.6 is 0 Å². The van der Waals surface area contributed by atoms with Crippen LogP contribution in [0.1, 0.15) is 50.4 Å². The molecule has 1 heterocycles. The van der Waals surface area contributed by atoms with Crippen LogP contribution in [0.2, 0.25) is 0 Å². The molecule has 0 unspecified atom stereocenters. The van der Waals surface area contributed by atoms with Gasteiger partial charge in [0.2, 0.25) is 9.84 Å². The molecule has 0 radical (unpaired) electrons. The lowest BCUT2D eigenvalue weighted by molar-refractivity contribution is -0.384. The monoisotopic (exact) mass is 534 g/mol. The molecular weight excluding hydrogens is 504 g/mol. The highest BCUT2D eigenvalue weighted by atomic mass is 32.2. The normalized spacial score (nSPS) is 12.3. The number of aryl methyl sites for hydroxylation is 1. The molecule has 0 spiro atoms. The van der Waals surface area contributed by atoms with E-state index in [4.69, 9.17) is 0 Å². The molecule has 0 atom stereocenters. The molecule has 0 saturated heterocycles. The van der Waals surface area contributed by atoms with E-state index in [1.54, 1.807) is 48.7 Å². The maximum absolute atomic E-state index is 14.3. The zero-order chi connectivity index (χ0) is 28.0. The molecule has 0 amide bonds. The van der Waals surface area contributed by atoms with Gasteiger partial charge in [0, 0.05) is 35.3 Å². The van der Waals surface area contributed by atoms with Crippen molar-refractivity contribution in [1.29, 1.82) is 0 Å². The van der Waals surface area contributed by atoms with E-state index < -0.39 is 26.1 Å². The maximum atomic E-state index is 14.3. The fraction of sp³-hybridized carbons (Fsp3) is 0.276. The van der Waals surface area contributed by atoms with Gasteiger partial charge in [-0.2, -0.15) is 0 Å². The number of non-ortho nitro benzene ring substituents is 1. The molecule has 0 bridgehead atoms. The van der Waals surface area contributed by atoms with E-state index in [0.29, 0.717) is 22.3 Å².